The Bertz CT molecular complexity index is 1410. The molecule has 0 heterocycles. The molecular weight excluding hydrogens is 841 g/mol. The highest BCUT2D eigenvalue weighted by atomic mass is 28.5. The molecule has 2 aliphatic rings. The predicted octanol–water partition coefficient (Wildman–Crippen LogP) is 12.1. The third kappa shape index (κ3) is 19.6. The summed E-state index contributed by atoms with van der Waals surface area (Å²) in [6.45, 7) is 49.6. The van der Waals surface area contributed by atoms with Crippen molar-refractivity contribution in [2.24, 2.45) is 33.0 Å². The third-order valence-corrected chi connectivity index (χ3v) is 24.5. The average molecular weight is 934 g/mol. The number of esters is 4. The summed E-state index contributed by atoms with van der Waals surface area (Å²) in [5.74, 6) is -0.169. The zero-order chi connectivity index (χ0) is 48.3. The first-order chi connectivity index (χ1) is 27.3. The highest BCUT2D eigenvalue weighted by Crippen LogP contribution is 2.66. The van der Waals surface area contributed by atoms with Gasteiger partial charge >= 0.3 is 32.7 Å². The van der Waals surface area contributed by atoms with E-state index in [-0.39, 0.29) is 48.1 Å². The van der Waals surface area contributed by atoms with Gasteiger partial charge < -0.3 is 31.3 Å². The number of fused-ring (bicyclic) bond motifs is 2. The van der Waals surface area contributed by atoms with Crippen LogP contribution in [0.3, 0.4) is 0 Å². The zero-order valence-electron chi connectivity index (χ0n) is 43.1. The van der Waals surface area contributed by atoms with Gasteiger partial charge in [0.2, 0.25) is 0 Å². The van der Waals surface area contributed by atoms with E-state index in [1.165, 1.54) is 12.8 Å². The molecule has 0 spiro atoms. The lowest BCUT2D eigenvalue weighted by molar-refractivity contribution is -0.167. The quantitative estimate of drug-likeness (QED) is 0.0358. The van der Waals surface area contributed by atoms with E-state index in [2.05, 4.69) is 86.3 Å². The fraction of sp³-hybridized carbons (Fsp3) is 0.870. The summed E-state index contributed by atoms with van der Waals surface area (Å²) in [5.41, 5.74) is -0.445. The Balaban J connectivity index is 0.000000924. The largest absolute Gasteiger partial charge is 0.469 e. The van der Waals surface area contributed by atoms with Crippen LogP contribution in [0.4, 0.5) is 0 Å². The predicted molar refractivity (Wildman–Crippen MR) is 257 cm³/mol. The van der Waals surface area contributed by atoms with E-state index in [1.54, 1.807) is 6.92 Å². The number of hydrogen-bond donors (Lipinski definition) is 0. The Morgan fingerprint density at radius 3 is 1.33 bits per heavy atom. The molecule has 2 saturated carbocycles. The maximum absolute atomic E-state index is 12.3. The molecule has 15 heteroatoms. The lowest BCUT2D eigenvalue weighted by atomic mass is 9.70. The molecule has 3 atom stereocenters. The monoisotopic (exact) mass is 933 g/mol. The van der Waals surface area contributed by atoms with Gasteiger partial charge in [0.25, 0.3) is 0 Å². The van der Waals surface area contributed by atoms with Crippen LogP contribution >= 0.6 is 0 Å². The van der Waals surface area contributed by atoms with Crippen molar-refractivity contribution in [1.29, 1.82) is 0 Å². The number of carbonyl (C=O) groups is 4. The number of carbonyl (C=O) groups excluding carboxylic acids is 4. The molecule has 2 bridgehead atoms. The van der Waals surface area contributed by atoms with Crippen LogP contribution in [-0.2, 0) is 50.5 Å². The van der Waals surface area contributed by atoms with Crippen LogP contribution in [0.1, 0.15) is 135 Å². The van der Waals surface area contributed by atoms with E-state index in [1.807, 2.05) is 62.3 Å². The zero-order valence-corrected chi connectivity index (χ0v) is 47.1. The van der Waals surface area contributed by atoms with Crippen molar-refractivity contribution < 1.29 is 50.5 Å². The topological polar surface area (TPSA) is 133 Å². The summed E-state index contributed by atoms with van der Waals surface area (Å²) in [6.07, 6.45) is 6.71. The molecule has 3 unspecified atom stereocenters. The summed E-state index contributed by atoms with van der Waals surface area (Å²) in [7, 11) is -8.42. The minimum atomic E-state index is -2.83. The van der Waals surface area contributed by atoms with Gasteiger partial charge in [0, 0.05) is 17.0 Å². The summed E-state index contributed by atoms with van der Waals surface area (Å²) < 4.78 is 41.1. The van der Waals surface area contributed by atoms with Crippen LogP contribution in [-0.4, -0.2) is 83.6 Å². The lowest BCUT2D eigenvalue weighted by Gasteiger charge is -2.42. The van der Waals surface area contributed by atoms with E-state index in [0.29, 0.717) is 36.5 Å². The van der Waals surface area contributed by atoms with E-state index in [0.717, 1.165) is 25.2 Å². The summed E-state index contributed by atoms with van der Waals surface area (Å²) in [5, 5.41) is 0. The maximum Gasteiger partial charge on any atom is 0.469 e. The maximum atomic E-state index is 12.3. The molecule has 2 fully saturated rings. The number of ether oxygens (including phenoxy) is 4. The molecule has 358 valence electrons. The second-order valence-electron chi connectivity index (χ2n) is 22.8. The Hall–Kier alpha value is -1.63. The van der Waals surface area contributed by atoms with Crippen LogP contribution in [0.2, 0.25) is 65.0 Å². The van der Waals surface area contributed by atoms with Crippen LogP contribution in [0.5, 0.6) is 0 Å². The highest BCUT2D eigenvalue weighted by Gasteiger charge is 2.63. The van der Waals surface area contributed by atoms with E-state index in [4.69, 9.17) is 31.3 Å². The molecule has 0 saturated heterocycles. The molecule has 2 aliphatic carbocycles. The van der Waals surface area contributed by atoms with Crippen molar-refractivity contribution in [3.05, 3.63) is 12.2 Å². The van der Waals surface area contributed by atoms with Crippen molar-refractivity contribution in [3.8, 4) is 0 Å². The molecule has 0 radical (unpaired) electrons. The molecule has 11 nitrogen and oxygen atoms in total. The molecule has 0 aromatic heterocycles. The molecule has 0 N–H and O–H groups in total. The van der Waals surface area contributed by atoms with Gasteiger partial charge in [-0.3, -0.25) is 14.4 Å². The van der Waals surface area contributed by atoms with Gasteiger partial charge in [-0.05, 0) is 164 Å². The Morgan fingerprint density at radius 2 is 1.00 bits per heavy atom. The SMILES string of the molecule is C=C(C)C(=O)OCCOC(=O)C(C)(C)CC.CCC(C)(C)C(=O)OC1CC2CCC1(C)C2(C)C.CCC(C)(C)C(=O)OCCC[Si](O[Si](C)(C)C)(O[Si](C)(C)C)O[Si](C)(C)C. The van der Waals surface area contributed by atoms with E-state index >= 15 is 0 Å². The molecule has 0 aliphatic heterocycles. The van der Waals surface area contributed by atoms with E-state index in [9.17, 15) is 19.2 Å². The Labute approximate surface area is 377 Å². The third-order valence-electron chi connectivity index (χ3n) is 12.4. The Kier molecular flexibility index (Phi) is 22.4. The van der Waals surface area contributed by atoms with Gasteiger partial charge in [-0.25, -0.2) is 4.79 Å². The van der Waals surface area contributed by atoms with Crippen molar-refractivity contribution in [2.45, 2.75) is 206 Å². The first-order valence-corrected chi connectivity index (χ1v) is 34.9. The average Bonchev–Trinajstić information content (AvgIpc) is 3.43. The van der Waals surface area contributed by atoms with Crippen molar-refractivity contribution >= 4 is 57.6 Å². The van der Waals surface area contributed by atoms with Crippen LogP contribution in [0.25, 0.3) is 0 Å². The highest BCUT2D eigenvalue weighted by molar-refractivity contribution is 6.90. The van der Waals surface area contributed by atoms with Gasteiger partial charge in [-0.1, -0.05) is 48.1 Å². The fourth-order valence-corrected chi connectivity index (χ4v) is 21.5. The normalized spacial score (nSPS) is 20.4. The number of hydrogen-bond acceptors (Lipinski definition) is 11. The number of rotatable bonds is 21. The van der Waals surface area contributed by atoms with Crippen LogP contribution in [0.15, 0.2) is 12.2 Å². The van der Waals surface area contributed by atoms with Crippen molar-refractivity contribution in [2.75, 3.05) is 19.8 Å². The van der Waals surface area contributed by atoms with Gasteiger partial charge in [0.15, 0.2) is 25.0 Å². The summed E-state index contributed by atoms with van der Waals surface area (Å²) >= 11 is 0. The van der Waals surface area contributed by atoms with Gasteiger partial charge in [0.05, 0.1) is 22.9 Å². The summed E-state index contributed by atoms with van der Waals surface area (Å²) in [4.78, 5) is 47.0. The Morgan fingerprint density at radius 1 is 0.623 bits per heavy atom. The minimum Gasteiger partial charge on any atom is -0.465 e. The second-order valence-corrected chi connectivity index (χ2v) is 39.8. The summed E-state index contributed by atoms with van der Waals surface area (Å²) in [6, 6.07) is 0.700. The van der Waals surface area contributed by atoms with Crippen molar-refractivity contribution in [3.63, 3.8) is 0 Å². The lowest BCUT2D eigenvalue weighted by Crippen LogP contribution is -2.60. The van der Waals surface area contributed by atoms with Gasteiger partial charge in [0.1, 0.15) is 19.3 Å². The standard InChI is InChI=1S/C18H44O5Si4.C16H28O2.C12H20O4/c1-13-18(2,3)17(19)20-15-14-16-27(21-24(4,5)6,22-25(7,8)9)23-26(10,11)12;1-7-14(2,3)13(17)18-12-10-11-8-9-16(12,6)15(11,4)5;1-6-12(4,5)11(14)16-8-7-15-10(13)9(2)3/h13-16H2,1-12H3;11-12H,7-10H2,1-6H3;2,6-8H2,1,3-5H3. The van der Waals surface area contributed by atoms with Gasteiger partial charge in [-0.15, -0.1) is 0 Å². The smallest absolute Gasteiger partial charge is 0.465 e. The van der Waals surface area contributed by atoms with Crippen LogP contribution < -0.4 is 0 Å². The first-order valence-electron chi connectivity index (χ1n) is 22.8. The molecular formula is C46H92O11Si4. The molecule has 2 rings (SSSR count). The molecule has 0 aromatic rings. The van der Waals surface area contributed by atoms with Crippen LogP contribution in [0, 0.1) is 33.0 Å². The molecule has 0 aromatic carbocycles. The van der Waals surface area contributed by atoms with E-state index < -0.39 is 50.6 Å². The first kappa shape index (κ1) is 59.4. The molecule has 61 heavy (non-hydrogen) atoms. The molecule has 0 amide bonds. The minimum absolute atomic E-state index is 0.0143. The fourth-order valence-electron chi connectivity index (χ4n) is 6.88. The van der Waals surface area contributed by atoms with Gasteiger partial charge in [-0.2, -0.15) is 0 Å². The second kappa shape index (κ2) is 23.0. The van der Waals surface area contributed by atoms with Crippen molar-refractivity contribution in [1.82, 2.24) is 0 Å².